The van der Waals surface area contributed by atoms with Gasteiger partial charge in [0.05, 0.1) is 11.6 Å². The van der Waals surface area contributed by atoms with Gasteiger partial charge in [0, 0.05) is 25.9 Å². The Morgan fingerprint density at radius 2 is 1.93 bits per heavy atom. The average Bonchev–Trinajstić information content (AvgIpc) is 3.41. The number of fused-ring (bicyclic) bond motifs is 1. The molecule has 1 amide bonds. The normalized spacial score (nSPS) is 21.8. The molecule has 1 saturated heterocycles. The van der Waals surface area contributed by atoms with E-state index in [0.29, 0.717) is 13.0 Å². The van der Waals surface area contributed by atoms with Gasteiger partial charge in [-0.1, -0.05) is 47.6 Å². The van der Waals surface area contributed by atoms with E-state index in [9.17, 15) is 4.79 Å². The van der Waals surface area contributed by atoms with Crippen LogP contribution in [0.4, 0.5) is 0 Å². The number of hydrogen-bond acceptors (Lipinski definition) is 5. The number of aromatic nitrogens is 1. The van der Waals surface area contributed by atoms with Crippen LogP contribution < -0.4 is 0 Å². The van der Waals surface area contributed by atoms with Crippen molar-refractivity contribution in [1.29, 1.82) is 0 Å². The van der Waals surface area contributed by atoms with Crippen LogP contribution in [0.5, 0.6) is 0 Å². The molecule has 29 heavy (non-hydrogen) atoms. The molecular formula is C23H23N3O3. The Morgan fingerprint density at radius 1 is 1.10 bits per heavy atom. The summed E-state index contributed by atoms with van der Waals surface area (Å²) in [4.78, 5) is 25.0. The summed E-state index contributed by atoms with van der Waals surface area (Å²) in [6.07, 6.45) is 2.65. The van der Waals surface area contributed by atoms with Gasteiger partial charge in [0.15, 0.2) is 11.5 Å². The number of oxime groups is 1. The number of amides is 1. The molecule has 148 valence electrons. The van der Waals surface area contributed by atoms with Crippen molar-refractivity contribution < 1.29 is 14.0 Å². The number of carbonyl (C=O) groups excluding carboxylic acids is 1. The lowest BCUT2D eigenvalue weighted by Gasteiger charge is -2.32. The molecule has 0 saturated carbocycles. The maximum absolute atomic E-state index is 13.0. The van der Waals surface area contributed by atoms with E-state index < -0.39 is 6.10 Å². The molecule has 5 rings (SSSR count). The third-order valence-electron chi connectivity index (χ3n) is 5.65. The van der Waals surface area contributed by atoms with Gasteiger partial charge in [0.1, 0.15) is 5.52 Å². The molecule has 0 unspecified atom stereocenters. The van der Waals surface area contributed by atoms with Crippen molar-refractivity contribution in [2.75, 3.05) is 13.1 Å². The molecule has 0 aliphatic carbocycles. The van der Waals surface area contributed by atoms with Crippen molar-refractivity contribution in [3.05, 3.63) is 66.1 Å². The highest BCUT2D eigenvalue weighted by Gasteiger charge is 2.35. The number of likely N-dealkylation sites (tertiary alicyclic amines) is 1. The lowest BCUT2D eigenvalue weighted by molar-refractivity contribution is -0.143. The second kappa shape index (κ2) is 7.70. The lowest BCUT2D eigenvalue weighted by atomic mass is 9.97. The summed E-state index contributed by atoms with van der Waals surface area (Å²) in [7, 11) is 0. The third kappa shape index (κ3) is 3.75. The number of piperidine rings is 1. The molecule has 2 atom stereocenters. The quantitative estimate of drug-likeness (QED) is 0.678. The fourth-order valence-corrected chi connectivity index (χ4v) is 4.14. The molecular weight excluding hydrogens is 366 g/mol. The number of hydrogen-bond donors (Lipinski definition) is 0. The highest BCUT2D eigenvalue weighted by molar-refractivity contribution is 5.94. The second-order valence-corrected chi connectivity index (χ2v) is 7.76. The number of carbonyl (C=O) groups is 1. The minimum Gasteiger partial charge on any atom is -0.440 e. The Hall–Kier alpha value is -3.15. The van der Waals surface area contributed by atoms with Gasteiger partial charge in [0.2, 0.25) is 6.10 Å². The van der Waals surface area contributed by atoms with Crippen LogP contribution in [0, 0.1) is 0 Å². The van der Waals surface area contributed by atoms with E-state index in [1.54, 1.807) is 0 Å². The highest BCUT2D eigenvalue weighted by Crippen LogP contribution is 2.30. The molecule has 0 N–H and O–H groups in total. The van der Waals surface area contributed by atoms with Gasteiger partial charge in [-0.25, -0.2) is 4.98 Å². The van der Waals surface area contributed by atoms with Gasteiger partial charge in [-0.15, -0.1) is 0 Å². The van der Waals surface area contributed by atoms with Gasteiger partial charge in [-0.3, -0.25) is 4.79 Å². The van der Waals surface area contributed by atoms with Crippen LogP contribution in [0.2, 0.25) is 0 Å². The van der Waals surface area contributed by atoms with Crippen LogP contribution in [0.3, 0.4) is 0 Å². The number of para-hydroxylation sites is 2. The third-order valence-corrected chi connectivity index (χ3v) is 5.65. The molecule has 6 nitrogen and oxygen atoms in total. The first-order chi connectivity index (χ1) is 14.3. The average molecular weight is 389 g/mol. The van der Waals surface area contributed by atoms with Gasteiger partial charge in [-0.2, -0.15) is 0 Å². The molecule has 0 radical (unpaired) electrons. The zero-order valence-corrected chi connectivity index (χ0v) is 16.2. The van der Waals surface area contributed by atoms with Crippen LogP contribution in [0.25, 0.3) is 11.1 Å². The summed E-state index contributed by atoms with van der Waals surface area (Å²) in [6, 6.07) is 17.9. The predicted molar refractivity (Wildman–Crippen MR) is 110 cm³/mol. The molecule has 0 bridgehead atoms. The van der Waals surface area contributed by atoms with Gasteiger partial charge < -0.3 is 14.2 Å². The van der Waals surface area contributed by atoms with Crippen LogP contribution in [0.15, 0.2) is 64.2 Å². The van der Waals surface area contributed by atoms with Crippen LogP contribution in [-0.2, 0) is 16.1 Å². The first-order valence-corrected chi connectivity index (χ1v) is 10.2. The van der Waals surface area contributed by atoms with Gasteiger partial charge in [-0.05, 0) is 30.5 Å². The van der Waals surface area contributed by atoms with E-state index in [4.69, 9.17) is 9.25 Å². The number of nitrogens with zero attached hydrogens (tertiary/aromatic N) is 3. The van der Waals surface area contributed by atoms with Crippen LogP contribution >= 0.6 is 0 Å². The zero-order valence-electron chi connectivity index (χ0n) is 16.2. The summed E-state index contributed by atoms with van der Waals surface area (Å²) in [6.45, 7) is 1.35. The van der Waals surface area contributed by atoms with E-state index in [2.05, 4.69) is 22.3 Å². The standard InChI is InChI=1S/C23H23N3O3/c27-23(21-14-18(25-29-21)13-16-7-2-1-3-8-16)26-12-6-9-17(15-26)22-24-19-10-4-5-11-20(19)28-22/h1-5,7-8,10-11,17,21H,6,9,12-15H2/t17-,21-/m1/s1. The van der Waals surface area contributed by atoms with Crippen molar-refractivity contribution in [1.82, 2.24) is 9.88 Å². The first-order valence-electron chi connectivity index (χ1n) is 10.2. The molecule has 2 aliphatic rings. The lowest BCUT2D eigenvalue weighted by Crippen LogP contribution is -2.44. The Bertz CT molecular complexity index is 1010. The van der Waals surface area contributed by atoms with Gasteiger partial charge >= 0.3 is 0 Å². The van der Waals surface area contributed by atoms with Crippen LogP contribution in [-0.4, -0.2) is 40.7 Å². The van der Waals surface area contributed by atoms with E-state index >= 15 is 0 Å². The summed E-state index contributed by atoms with van der Waals surface area (Å²) in [5.74, 6) is 0.848. The molecule has 2 aromatic carbocycles. The maximum atomic E-state index is 13.0. The Labute approximate surface area is 169 Å². The van der Waals surface area contributed by atoms with Gasteiger partial charge in [0.25, 0.3) is 5.91 Å². The molecule has 2 aliphatic heterocycles. The molecule has 1 aromatic heterocycles. The summed E-state index contributed by atoms with van der Waals surface area (Å²) < 4.78 is 5.94. The molecule has 1 fully saturated rings. The van der Waals surface area contributed by atoms with Crippen molar-refractivity contribution in [2.24, 2.45) is 5.16 Å². The van der Waals surface area contributed by atoms with E-state index in [-0.39, 0.29) is 11.8 Å². The number of oxazole rings is 1. The maximum Gasteiger partial charge on any atom is 0.266 e. The van der Waals surface area contributed by atoms with Crippen molar-refractivity contribution in [2.45, 2.75) is 37.7 Å². The monoisotopic (exact) mass is 389 g/mol. The smallest absolute Gasteiger partial charge is 0.266 e. The Kier molecular flexibility index (Phi) is 4.76. The Balaban J connectivity index is 1.22. The van der Waals surface area contributed by atoms with Crippen molar-refractivity contribution in [3.8, 4) is 0 Å². The molecule has 3 heterocycles. The summed E-state index contributed by atoms with van der Waals surface area (Å²) >= 11 is 0. The molecule has 6 heteroatoms. The SMILES string of the molecule is O=C([C@H]1CC(Cc2ccccc2)=NO1)N1CCC[C@@H](c2nc3ccccc3o2)C1. The minimum absolute atomic E-state index is 0.0117. The largest absolute Gasteiger partial charge is 0.440 e. The summed E-state index contributed by atoms with van der Waals surface area (Å²) in [5, 5.41) is 4.17. The van der Waals surface area contributed by atoms with Crippen molar-refractivity contribution in [3.63, 3.8) is 0 Å². The van der Waals surface area contributed by atoms with Crippen LogP contribution in [0.1, 0.15) is 36.6 Å². The van der Waals surface area contributed by atoms with E-state index in [1.165, 1.54) is 5.56 Å². The van der Waals surface area contributed by atoms with Crippen molar-refractivity contribution >= 4 is 22.7 Å². The highest BCUT2D eigenvalue weighted by atomic mass is 16.6. The number of benzene rings is 2. The first kappa shape index (κ1) is 17.9. The minimum atomic E-state index is -0.518. The zero-order chi connectivity index (χ0) is 19.6. The topological polar surface area (TPSA) is 67.9 Å². The molecule has 3 aromatic rings. The summed E-state index contributed by atoms with van der Waals surface area (Å²) in [5.41, 5.74) is 3.76. The second-order valence-electron chi connectivity index (χ2n) is 7.76. The fraction of sp³-hybridized carbons (Fsp3) is 0.348. The molecule has 0 spiro atoms. The number of rotatable bonds is 4. The predicted octanol–water partition coefficient (Wildman–Crippen LogP) is 3.92. The Morgan fingerprint density at radius 3 is 2.79 bits per heavy atom. The fourth-order valence-electron chi connectivity index (χ4n) is 4.14. The van der Waals surface area contributed by atoms with E-state index in [0.717, 1.165) is 48.5 Å². The van der Waals surface area contributed by atoms with E-state index in [1.807, 2.05) is 47.4 Å².